The third kappa shape index (κ3) is 4.87. The normalized spacial score (nSPS) is 17.2. The quantitative estimate of drug-likeness (QED) is 0.303. The van der Waals surface area contributed by atoms with Crippen LogP contribution in [0.1, 0.15) is 28.3 Å². The van der Waals surface area contributed by atoms with Gasteiger partial charge in [-0.25, -0.2) is 0 Å². The number of ketones is 1. The van der Waals surface area contributed by atoms with Crippen LogP contribution in [-0.4, -0.2) is 42.0 Å². The van der Waals surface area contributed by atoms with Gasteiger partial charge in [-0.1, -0.05) is 72.3 Å². The maximum Gasteiger partial charge on any atom is 0.295 e. The van der Waals surface area contributed by atoms with E-state index in [0.717, 1.165) is 5.56 Å². The highest BCUT2D eigenvalue weighted by atomic mass is 16.5. The Balaban J connectivity index is 1.64. The largest absolute Gasteiger partial charge is 0.507 e. The first-order valence-electron chi connectivity index (χ1n) is 11.1. The number of aryl methyl sites for hydroxylation is 1. The first-order valence-corrected chi connectivity index (χ1v) is 11.1. The molecule has 34 heavy (non-hydrogen) atoms. The Hall–Kier alpha value is -3.90. The summed E-state index contributed by atoms with van der Waals surface area (Å²) in [7, 11) is 1.54. The SMILES string of the molecule is COCCN1C(=O)C(=O)/C(=C(\O)c2ccccc2)C1c1ccc(OCc2ccc(C)cc2)cc1. The summed E-state index contributed by atoms with van der Waals surface area (Å²) in [4.78, 5) is 27.2. The van der Waals surface area contributed by atoms with Crippen LogP contribution in [0.2, 0.25) is 0 Å². The molecule has 3 aromatic carbocycles. The molecule has 1 aliphatic heterocycles. The lowest BCUT2D eigenvalue weighted by Gasteiger charge is -2.25. The maximum atomic E-state index is 13.0. The van der Waals surface area contributed by atoms with Crippen molar-refractivity contribution in [2.45, 2.75) is 19.6 Å². The fraction of sp³-hybridized carbons (Fsp3) is 0.214. The molecule has 1 saturated heterocycles. The van der Waals surface area contributed by atoms with Crippen molar-refractivity contribution in [2.24, 2.45) is 0 Å². The minimum Gasteiger partial charge on any atom is -0.507 e. The van der Waals surface area contributed by atoms with Crippen molar-refractivity contribution in [3.05, 3.63) is 107 Å². The van der Waals surface area contributed by atoms with Crippen molar-refractivity contribution >= 4 is 17.4 Å². The van der Waals surface area contributed by atoms with Crippen LogP contribution in [0.25, 0.3) is 5.76 Å². The average molecular weight is 458 g/mol. The van der Waals surface area contributed by atoms with Crippen LogP contribution >= 0.6 is 0 Å². The van der Waals surface area contributed by atoms with Crippen molar-refractivity contribution in [3.63, 3.8) is 0 Å². The van der Waals surface area contributed by atoms with E-state index >= 15 is 0 Å². The highest BCUT2D eigenvalue weighted by Crippen LogP contribution is 2.39. The number of Topliss-reactive ketones (excluding diaryl/α,β-unsaturated/α-hetero) is 1. The summed E-state index contributed by atoms with van der Waals surface area (Å²) in [6.45, 7) is 2.96. The molecular formula is C28H27NO5. The summed E-state index contributed by atoms with van der Waals surface area (Å²) >= 11 is 0. The molecule has 1 fully saturated rings. The Kier molecular flexibility index (Phi) is 7.09. The zero-order valence-electron chi connectivity index (χ0n) is 19.2. The molecule has 0 radical (unpaired) electrons. The summed E-state index contributed by atoms with van der Waals surface area (Å²) in [6, 6.07) is 23.4. The van der Waals surface area contributed by atoms with E-state index in [9.17, 15) is 14.7 Å². The molecule has 1 atom stereocenters. The van der Waals surface area contributed by atoms with E-state index in [2.05, 4.69) is 0 Å². The highest BCUT2D eigenvalue weighted by molar-refractivity contribution is 6.46. The van der Waals surface area contributed by atoms with E-state index in [4.69, 9.17) is 9.47 Å². The number of nitrogens with zero attached hydrogens (tertiary/aromatic N) is 1. The molecule has 1 unspecified atom stereocenters. The number of aliphatic hydroxyl groups excluding tert-OH is 1. The van der Waals surface area contributed by atoms with Crippen LogP contribution < -0.4 is 4.74 Å². The molecule has 174 valence electrons. The molecule has 1 amide bonds. The summed E-state index contributed by atoms with van der Waals surface area (Å²) in [5.74, 6) is -0.883. The topological polar surface area (TPSA) is 76.1 Å². The highest BCUT2D eigenvalue weighted by Gasteiger charge is 2.45. The first kappa shape index (κ1) is 23.3. The Morgan fingerprint density at radius 3 is 2.26 bits per heavy atom. The Labute approximate surface area is 199 Å². The van der Waals surface area contributed by atoms with E-state index in [-0.39, 0.29) is 24.5 Å². The molecule has 1 aliphatic rings. The second-order valence-corrected chi connectivity index (χ2v) is 8.19. The molecule has 0 aliphatic carbocycles. The zero-order valence-corrected chi connectivity index (χ0v) is 19.2. The van der Waals surface area contributed by atoms with Crippen molar-refractivity contribution in [3.8, 4) is 5.75 Å². The lowest BCUT2D eigenvalue weighted by atomic mass is 9.95. The number of benzene rings is 3. The van der Waals surface area contributed by atoms with Crippen molar-refractivity contribution in [1.82, 2.24) is 4.90 Å². The summed E-state index contributed by atoms with van der Waals surface area (Å²) < 4.78 is 11.0. The number of aliphatic hydroxyl groups is 1. The maximum absolute atomic E-state index is 13.0. The number of hydrogen-bond acceptors (Lipinski definition) is 5. The Bertz CT molecular complexity index is 1180. The second-order valence-electron chi connectivity index (χ2n) is 8.19. The van der Waals surface area contributed by atoms with E-state index in [1.54, 1.807) is 24.3 Å². The standard InChI is InChI=1S/C28H27NO5/c1-19-8-10-20(11-9-19)18-34-23-14-12-21(13-15-23)25-24(26(30)22-6-4-3-5-7-22)27(31)28(32)29(25)16-17-33-2/h3-15,25,30H,16-18H2,1-2H3/b26-24-. The fourth-order valence-electron chi connectivity index (χ4n) is 4.00. The lowest BCUT2D eigenvalue weighted by Crippen LogP contribution is -2.32. The van der Waals surface area contributed by atoms with Gasteiger partial charge in [0.25, 0.3) is 11.7 Å². The predicted octanol–water partition coefficient (Wildman–Crippen LogP) is 4.64. The third-order valence-corrected chi connectivity index (χ3v) is 5.85. The molecule has 6 heteroatoms. The van der Waals surface area contributed by atoms with E-state index < -0.39 is 17.7 Å². The number of ether oxygens (including phenoxy) is 2. The van der Waals surface area contributed by atoms with E-state index in [0.29, 0.717) is 23.5 Å². The molecule has 0 aromatic heterocycles. The van der Waals surface area contributed by atoms with E-state index in [1.165, 1.54) is 17.6 Å². The summed E-state index contributed by atoms with van der Waals surface area (Å²) in [5.41, 5.74) is 3.51. The molecule has 6 nitrogen and oxygen atoms in total. The van der Waals surface area contributed by atoms with Gasteiger partial charge in [0.1, 0.15) is 18.1 Å². The summed E-state index contributed by atoms with van der Waals surface area (Å²) in [5, 5.41) is 11.0. The van der Waals surface area contributed by atoms with Crippen molar-refractivity contribution < 1.29 is 24.2 Å². The van der Waals surface area contributed by atoms with Gasteiger partial charge in [-0.2, -0.15) is 0 Å². The monoisotopic (exact) mass is 457 g/mol. The molecule has 0 spiro atoms. The van der Waals surface area contributed by atoms with E-state index in [1.807, 2.05) is 61.5 Å². The van der Waals surface area contributed by atoms with Crippen LogP contribution in [0.4, 0.5) is 0 Å². The number of amides is 1. The van der Waals surface area contributed by atoms with Gasteiger partial charge < -0.3 is 19.5 Å². The molecule has 0 saturated carbocycles. The number of rotatable bonds is 8. The number of carbonyl (C=O) groups is 2. The average Bonchev–Trinajstić information content (AvgIpc) is 3.12. The molecular weight excluding hydrogens is 430 g/mol. The molecule has 1 N–H and O–H groups in total. The smallest absolute Gasteiger partial charge is 0.295 e. The lowest BCUT2D eigenvalue weighted by molar-refractivity contribution is -0.140. The van der Waals surface area contributed by atoms with Gasteiger partial charge in [-0.15, -0.1) is 0 Å². The van der Waals surface area contributed by atoms with Gasteiger partial charge in [0.05, 0.1) is 18.2 Å². The van der Waals surface area contributed by atoms with Crippen molar-refractivity contribution in [2.75, 3.05) is 20.3 Å². The predicted molar refractivity (Wildman–Crippen MR) is 129 cm³/mol. The molecule has 0 bridgehead atoms. The third-order valence-electron chi connectivity index (χ3n) is 5.85. The van der Waals surface area contributed by atoms with Crippen LogP contribution in [-0.2, 0) is 20.9 Å². The van der Waals surface area contributed by atoms with Crippen LogP contribution in [0.5, 0.6) is 5.75 Å². The van der Waals surface area contributed by atoms with Gasteiger partial charge in [0.15, 0.2) is 0 Å². The van der Waals surface area contributed by atoms with Crippen LogP contribution in [0.15, 0.2) is 84.4 Å². The number of carbonyl (C=O) groups excluding carboxylic acids is 2. The Morgan fingerprint density at radius 1 is 0.941 bits per heavy atom. The minimum absolute atomic E-state index is 0.0700. The minimum atomic E-state index is -0.721. The van der Waals surface area contributed by atoms with Gasteiger partial charge in [-0.05, 0) is 30.2 Å². The number of hydrogen-bond donors (Lipinski definition) is 1. The fourth-order valence-corrected chi connectivity index (χ4v) is 4.00. The molecule has 1 heterocycles. The van der Waals surface area contributed by atoms with Crippen molar-refractivity contribution in [1.29, 1.82) is 0 Å². The van der Waals surface area contributed by atoms with Crippen LogP contribution in [0.3, 0.4) is 0 Å². The Morgan fingerprint density at radius 2 is 1.62 bits per heavy atom. The summed E-state index contributed by atoms with van der Waals surface area (Å²) in [6.07, 6.45) is 0. The van der Waals surface area contributed by atoms with Gasteiger partial charge >= 0.3 is 0 Å². The number of likely N-dealkylation sites (tertiary alicyclic amines) is 1. The molecule has 3 aromatic rings. The van der Waals surface area contributed by atoms with Gasteiger partial charge in [0, 0.05) is 19.2 Å². The van der Waals surface area contributed by atoms with Gasteiger partial charge in [-0.3, -0.25) is 9.59 Å². The van der Waals surface area contributed by atoms with Gasteiger partial charge in [0.2, 0.25) is 0 Å². The first-order chi connectivity index (χ1) is 16.5. The second kappa shape index (κ2) is 10.4. The van der Waals surface area contributed by atoms with Crippen LogP contribution in [0, 0.1) is 6.92 Å². The number of methoxy groups -OCH3 is 1. The molecule has 4 rings (SSSR count). The zero-order chi connectivity index (χ0) is 24.1.